The Hall–Kier alpha value is -2.87. The van der Waals surface area contributed by atoms with Gasteiger partial charge >= 0.3 is 5.97 Å². The number of thioether (sulfide) groups is 1. The maximum absolute atomic E-state index is 11.3. The molecule has 2 aromatic carbocycles. The number of carboxylic acids is 1. The molecule has 8 heteroatoms. The third kappa shape index (κ3) is 4.28. The van der Waals surface area contributed by atoms with Crippen LogP contribution >= 0.6 is 11.8 Å². The van der Waals surface area contributed by atoms with Crippen LogP contribution in [0, 0.1) is 0 Å². The van der Waals surface area contributed by atoms with Crippen molar-refractivity contribution in [2.45, 2.75) is 11.7 Å². The Morgan fingerprint density at radius 3 is 2.37 bits per heavy atom. The molecule has 0 saturated heterocycles. The number of hydrogen-bond donors (Lipinski definition) is 2. The number of fused-ring (bicyclic) bond motifs is 1. The number of carboxylic acid groups (broad SMARTS) is 1. The van der Waals surface area contributed by atoms with Gasteiger partial charge < -0.3 is 24.6 Å². The lowest BCUT2D eigenvalue weighted by Gasteiger charge is -2.25. The zero-order valence-corrected chi connectivity index (χ0v) is 16.0. The van der Waals surface area contributed by atoms with Crippen molar-refractivity contribution in [1.82, 2.24) is 0 Å². The van der Waals surface area contributed by atoms with Gasteiger partial charge in [-0.1, -0.05) is 11.8 Å². The van der Waals surface area contributed by atoms with Crippen LogP contribution in [-0.2, 0) is 4.79 Å². The molecule has 0 aromatic heterocycles. The highest BCUT2D eigenvalue weighted by Gasteiger charge is 2.28. The van der Waals surface area contributed by atoms with Crippen molar-refractivity contribution in [2.24, 2.45) is 4.99 Å². The van der Waals surface area contributed by atoms with Crippen molar-refractivity contribution in [3.63, 3.8) is 0 Å². The third-order valence-electron chi connectivity index (χ3n) is 4.06. The zero-order valence-electron chi connectivity index (χ0n) is 15.2. The molecule has 3 rings (SSSR count). The summed E-state index contributed by atoms with van der Waals surface area (Å²) in [5.41, 5.74) is 2.30. The molecule has 0 bridgehead atoms. The molecule has 1 unspecified atom stereocenters. The smallest absolute Gasteiger partial charge is 0.304 e. The zero-order chi connectivity index (χ0) is 19.4. The first-order chi connectivity index (χ1) is 13.0. The van der Waals surface area contributed by atoms with Crippen LogP contribution in [0.2, 0.25) is 0 Å². The quantitative estimate of drug-likeness (QED) is 0.771. The van der Waals surface area contributed by atoms with E-state index >= 15 is 0 Å². The maximum Gasteiger partial charge on any atom is 0.304 e. The molecule has 0 saturated carbocycles. The highest BCUT2D eigenvalue weighted by Crippen LogP contribution is 2.47. The van der Waals surface area contributed by atoms with Crippen molar-refractivity contribution < 1.29 is 24.1 Å². The van der Waals surface area contributed by atoms with Gasteiger partial charge in [0.25, 0.3) is 0 Å². The van der Waals surface area contributed by atoms with E-state index in [9.17, 15) is 9.90 Å². The molecule has 142 valence electrons. The summed E-state index contributed by atoms with van der Waals surface area (Å²) in [6, 6.07) is 11.0. The third-order valence-corrected chi connectivity index (χ3v) is 5.18. The Morgan fingerprint density at radius 1 is 1.11 bits per heavy atom. The number of methoxy groups -OCH3 is 3. The summed E-state index contributed by atoms with van der Waals surface area (Å²) in [5.74, 6) is 0.974. The molecule has 1 aliphatic heterocycles. The van der Waals surface area contributed by atoms with Crippen molar-refractivity contribution in [1.29, 1.82) is 0 Å². The number of aliphatic carboxylic acids is 1. The Kier molecular flexibility index (Phi) is 5.75. The SMILES string of the molecule is COc1ccc(NC2=Nc3cc(OC)c(OC)cc3C(CC(=O)O)S2)cc1. The average molecular weight is 388 g/mol. The van der Waals surface area contributed by atoms with Gasteiger partial charge in [0.1, 0.15) is 5.75 Å². The van der Waals surface area contributed by atoms with Crippen molar-refractivity contribution in [2.75, 3.05) is 26.6 Å². The van der Waals surface area contributed by atoms with Crippen LogP contribution in [0.4, 0.5) is 11.4 Å². The molecule has 1 aliphatic rings. The van der Waals surface area contributed by atoms with Gasteiger partial charge in [0, 0.05) is 11.8 Å². The van der Waals surface area contributed by atoms with E-state index in [-0.39, 0.29) is 11.7 Å². The number of amidine groups is 1. The standard InChI is InChI=1S/C19H20N2O5S/c1-24-12-6-4-11(5-7-12)20-19-21-14-9-16(26-3)15(25-2)8-13(14)17(27-19)10-18(22)23/h4-9,17H,10H2,1-3H3,(H,20,21)(H,22,23). The highest BCUT2D eigenvalue weighted by atomic mass is 32.2. The van der Waals surface area contributed by atoms with E-state index < -0.39 is 5.97 Å². The van der Waals surface area contributed by atoms with Crippen molar-refractivity contribution >= 4 is 34.3 Å². The lowest BCUT2D eigenvalue weighted by atomic mass is 10.1. The second kappa shape index (κ2) is 8.22. The number of nitrogens with one attached hydrogen (secondary N) is 1. The monoisotopic (exact) mass is 388 g/mol. The second-order valence-corrected chi connectivity index (χ2v) is 6.93. The summed E-state index contributed by atoms with van der Waals surface area (Å²) in [6.45, 7) is 0. The predicted molar refractivity (Wildman–Crippen MR) is 106 cm³/mol. The van der Waals surface area contributed by atoms with E-state index in [0.717, 1.165) is 17.0 Å². The molecule has 0 aliphatic carbocycles. The van der Waals surface area contributed by atoms with E-state index in [4.69, 9.17) is 14.2 Å². The lowest BCUT2D eigenvalue weighted by Crippen LogP contribution is -2.16. The average Bonchev–Trinajstić information content (AvgIpc) is 2.67. The van der Waals surface area contributed by atoms with Crippen LogP contribution in [0.1, 0.15) is 17.2 Å². The fourth-order valence-corrected chi connectivity index (χ4v) is 3.88. The van der Waals surface area contributed by atoms with Crippen LogP contribution in [0.3, 0.4) is 0 Å². The first-order valence-electron chi connectivity index (χ1n) is 8.18. The van der Waals surface area contributed by atoms with Crippen LogP contribution in [0.5, 0.6) is 17.2 Å². The predicted octanol–water partition coefficient (Wildman–Crippen LogP) is 4.07. The summed E-state index contributed by atoms with van der Waals surface area (Å²) < 4.78 is 15.8. The van der Waals surface area contributed by atoms with Crippen LogP contribution in [0.25, 0.3) is 0 Å². The van der Waals surface area contributed by atoms with E-state index in [0.29, 0.717) is 22.4 Å². The minimum atomic E-state index is -0.876. The number of aliphatic imine (C=N–C) groups is 1. The number of ether oxygens (including phenoxy) is 3. The van der Waals surface area contributed by atoms with Crippen molar-refractivity contribution in [3.05, 3.63) is 42.0 Å². The Labute approximate surface area is 161 Å². The van der Waals surface area contributed by atoms with Gasteiger partial charge in [-0.25, -0.2) is 4.99 Å². The Morgan fingerprint density at radius 2 is 1.78 bits per heavy atom. The first-order valence-corrected chi connectivity index (χ1v) is 9.06. The molecule has 1 atom stereocenters. The number of rotatable bonds is 6. The molecule has 1 heterocycles. The van der Waals surface area contributed by atoms with Gasteiger partial charge in [-0.3, -0.25) is 4.79 Å². The molecule has 2 aromatic rings. The first kappa shape index (κ1) is 18.9. The minimum absolute atomic E-state index is 0.0313. The number of benzene rings is 2. The molecular formula is C19H20N2O5S. The second-order valence-electron chi connectivity index (χ2n) is 5.74. The molecule has 0 spiro atoms. The van der Waals surface area contributed by atoms with Crippen molar-refractivity contribution in [3.8, 4) is 17.2 Å². The highest BCUT2D eigenvalue weighted by molar-refractivity contribution is 8.14. The Balaban J connectivity index is 1.96. The summed E-state index contributed by atoms with van der Waals surface area (Å²) in [4.78, 5) is 16.0. The van der Waals surface area contributed by atoms with Crippen LogP contribution in [0.15, 0.2) is 41.4 Å². The van der Waals surface area contributed by atoms with Crippen LogP contribution < -0.4 is 19.5 Å². The molecule has 0 radical (unpaired) electrons. The number of carbonyl (C=O) groups is 1. The van der Waals surface area contributed by atoms with Gasteiger partial charge in [-0.2, -0.15) is 0 Å². The summed E-state index contributed by atoms with van der Waals surface area (Å²) >= 11 is 1.37. The Bertz CT molecular complexity index is 867. The molecule has 0 fully saturated rings. The summed E-state index contributed by atoms with van der Waals surface area (Å²) in [7, 11) is 4.71. The molecule has 0 amide bonds. The lowest BCUT2D eigenvalue weighted by molar-refractivity contribution is -0.137. The van der Waals surface area contributed by atoms with E-state index in [1.165, 1.54) is 11.8 Å². The van der Waals surface area contributed by atoms with E-state index in [1.54, 1.807) is 33.5 Å². The summed E-state index contributed by atoms with van der Waals surface area (Å²) in [5, 5.41) is 12.9. The molecule has 2 N–H and O–H groups in total. The van der Waals surface area contributed by atoms with Gasteiger partial charge in [-0.15, -0.1) is 0 Å². The van der Waals surface area contributed by atoms with E-state index in [2.05, 4.69) is 10.3 Å². The fraction of sp³-hybridized carbons (Fsp3) is 0.263. The molecular weight excluding hydrogens is 368 g/mol. The van der Waals surface area contributed by atoms with Gasteiger partial charge in [0.2, 0.25) is 0 Å². The van der Waals surface area contributed by atoms with E-state index in [1.807, 2.05) is 24.3 Å². The molecule has 27 heavy (non-hydrogen) atoms. The largest absolute Gasteiger partial charge is 0.497 e. The topological polar surface area (TPSA) is 89.4 Å². The number of hydrogen-bond acceptors (Lipinski definition) is 7. The minimum Gasteiger partial charge on any atom is -0.497 e. The normalized spacial score (nSPS) is 15.4. The van der Waals surface area contributed by atoms with Gasteiger partial charge in [0.05, 0.1) is 38.7 Å². The maximum atomic E-state index is 11.3. The number of anilines is 1. The fourth-order valence-electron chi connectivity index (χ4n) is 2.74. The van der Waals surface area contributed by atoms with Gasteiger partial charge in [-0.05, 0) is 35.9 Å². The summed E-state index contributed by atoms with van der Waals surface area (Å²) in [6.07, 6.45) is -0.0313. The van der Waals surface area contributed by atoms with Gasteiger partial charge in [0.15, 0.2) is 16.7 Å². The number of nitrogens with zero attached hydrogens (tertiary/aromatic N) is 1. The molecule has 7 nitrogen and oxygen atoms in total. The van der Waals surface area contributed by atoms with Crippen LogP contribution in [-0.4, -0.2) is 37.6 Å².